The van der Waals surface area contributed by atoms with Gasteiger partial charge in [-0.25, -0.2) is 13.1 Å². The third-order valence-electron chi connectivity index (χ3n) is 3.78. The maximum absolute atomic E-state index is 12.4. The van der Waals surface area contributed by atoms with Crippen molar-refractivity contribution in [2.45, 2.75) is 50.5 Å². The lowest BCUT2D eigenvalue weighted by Crippen LogP contribution is -2.27. The summed E-state index contributed by atoms with van der Waals surface area (Å²) in [5.74, 6) is 0.847. The molecular weight excluding hydrogens is 284 g/mol. The van der Waals surface area contributed by atoms with Gasteiger partial charge in [-0.1, -0.05) is 38.0 Å². The molecule has 0 aliphatic heterocycles. The van der Waals surface area contributed by atoms with Gasteiger partial charge in [0.25, 0.3) is 0 Å². The second-order valence-electron chi connectivity index (χ2n) is 5.77. The van der Waals surface area contributed by atoms with Gasteiger partial charge in [0.2, 0.25) is 10.0 Å². The first-order chi connectivity index (χ1) is 10.1. The molecule has 0 spiro atoms. The SMILES string of the molecule is CCCNCc1ccccc1S(=O)(=O)NCCCC1CC1. The quantitative estimate of drug-likeness (QED) is 0.653. The Morgan fingerprint density at radius 2 is 1.95 bits per heavy atom. The summed E-state index contributed by atoms with van der Waals surface area (Å²) in [5, 5.41) is 3.26. The molecule has 1 aliphatic carbocycles. The monoisotopic (exact) mass is 310 g/mol. The molecule has 0 saturated heterocycles. The van der Waals surface area contributed by atoms with E-state index >= 15 is 0 Å². The molecule has 2 rings (SSSR count). The van der Waals surface area contributed by atoms with Crippen LogP contribution < -0.4 is 10.0 Å². The Morgan fingerprint density at radius 3 is 2.67 bits per heavy atom. The summed E-state index contributed by atoms with van der Waals surface area (Å²) >= 11 is 0. The third-order valence-corrected chi connectivity index (χ3v) is 5.34. The van der Waals surface area contributed by atoms with Crippen molar-refractivity contribution in [3.8, 4) is 0 Å². The van der Waals surface area contributed by atoms with Gasteiger partial charge in [-0.15, -0.1) is 0 Å². The Bertz CT molecular complexity index is 539. The second-order valence-corrected chi connectivity index (χ2v) is 7.50. The smallest absolute Gasteiger partial charge is 0.240 e. The third kappa shape index (κ3) is 5.41. The highest BCUT2D eigenvalue weighted by atomic mass is 32.2. The van der Waals surface area contributed by atoms with E-state index in [9.17, 15) is 8.42 Å². The Hall–Kier alpha value is -0.910. The van der Waals surface area contributed by atoms with Crippen molar-refractivity contribution in [1.82, 2.24) is 10.0 Å². The first-order valence-corrected chi connectivity index (χ1v) is 9.40. The van der Waals surface area contributed by atoms with E-state index in [0.717, 1.165) is 37.3 Å². The molecule has 0 unspecified atom stereocenters. The molecule has 0 heterocycles. The maximum atomic E-state index is 12.4. The van der Waals surface area contributed by atoms with Gasteiger partial charge >= 0.3 is 0 Å². The van der Waals surface area contributed by atoms with E-state index < -0.39 is 10.0 Å². The zero-order valence-corrected chi connectivity index (χ0v) is 13.6. The molecule has 0 bridgehead atoms. The second kappa shape index (κ2) is 7.92. The number of hydrogen-bond donors (Lipinski definition) is 2. The normalized spacial score (nSPS) is 15.3. The highest BCUT2D eigenvalue weighted by Crippen LogP contribution is 2.33. The molecule has 0 aromatic heterocycles. The average Bonchev–Trinajstić information content (AvgIpc) is 3.29. The molecule has 4 nitrogen and oxygen atoms in total. The number of hydrogen-bond acceptors (Lipinski definition) is 3. The molecule has 0 atom stereocenters. The van der Waals surface area contributed by atoms with Crippen LogP contribution >= 0.6 is 0 Å². The molecule has 118 valence electrons. The van der Waals surface area contributed by atoms with Crippen LogP contribution in [0.1, 0.15) is 44.6 Å². The van der Waals surface area contributed by atoms with Crippen LogP contribution in [-0.2, 0) is 16.6 Å². The van der Waals surface area contributed by atoms with Crippen LogP contribution in [0.4, 0.5) is 0 Å². The molecule has 1 fully saturated rings. The molecule has 0 amide bonds. The van der Waals surface area contributed by atoms with Crippen molar-refractivity contribution in [2.24, 2.45) is 5.92 Å². The lowest BCUT2D eigenvalue weighted by atomic mass is 10.2. The molecule has 1 saturated carbocycles. The molecule has 5 heteroatoms. The van der Waals surface area contributed by atoms with E-state index in [1.54, 1.807) is 12.1 Å². The largest absolute Gasteiger partial charge is 0.313 e. The molecule has 1 aromatic carbocycles. The minimum atomic E-state index is -3.40. The Kier molecular flexibility index (Phi) is 6.21. The number of sulfonamides is 1. The van der Waals surface area contributed by atoms with Crippen LogP contribution in [0.5, 0.6) is 0 Å². The van der Waals surface area contributed by atoms with E-state index in [2.05, 4.69) is 17.0 Å². The van der Waals surface area contributed by atoms with Gasteiger partial charge in [-0.2, -0.15) is 0 Å². The van der Waals surface area contributed by atoms with Crippen molar-refractivity contribution in [2.75, 3.05) is 13.1 Å². The van der Waals surface area contributed by atoms with Gasteiger partial charge in [0.1, 0.15) is 0 Å². The summed E-state index contributed by atoms with van der Waals surface area (Å²) < 4.78 is 27.5. The Labute approximate surface area is 128 Å². The predicted molar refractivity (Wildman–Crippen MR) is 85.6 cm³/mol. The van der Waals surface area contributed by atoms with Crippen LogP contribution in [0.2, 0.25) is 0 Å². The van der Waals surface area contributed by atoms with Crippen LogP contribution in [0.15, 0.2) is 29.2 Å². The average molecular weight is 310 g/mol. The van der Waals surface area contributed by atoms with Gasteiger partial charge in [-0.3, -0.25) is 0 Å². The molecular formula is C16H26N2O2S. The number of benzene rings is 1. The standard InChI is InChI=1S/C16H26N2O2S/c1-2-11-17-13-15-7-3-4-8-16(15)21(19,20)18-12-5-6-14-9-10-14/h3-4,7-8,14,17-18H,2,5-6,9-13H2,1H3. The number of nitrogens with one attached hydrogen (secondary N) is 2. The molecule has 1 aliphatic rings. The fraction of sp³-hybridized carbons (Fsp3) is 0.625. The van der Waals surface area contributed by atoms with Gasteiger partial charge in [0, 0.05) is 13.1 Å². The minimum absolute atomic E-state index is 0.403. The Balaban J connectivity index is 1.93. The van der Waals surface area contributed by atoms with Gasteiger partial charge in [0.05, 0.1) is 4.90 Å². The topological polar surface area (TPSA) is 58.2 Å². The molecule has 2 N–H and O–H groups in total. The van der Waals surface area contributed by atoms with E-state index in [4.69, 9.17) is 0 Å². The summed E-state index contributed by atoms with van der Waals surface area (Å²) in [6.07, 6.45) is 5.74. The summed E-state index contributed by atoms with van der Waals surface area (Å²) in [4.78, 5) is 0.403. The first-order valence-electron chi connectivity index (χ1n) is 7.91. The minimum Gasteiger partial charge on any atom is -0.313 e. The summed E-state index contributed by atoms with van der Waals surface area (Å²) in [6, 6.07) is 7.23. The van der Waals surface area contributed by atoms with Gasteiger partial charge in [0.15, 0.2) is 0 Å². The summed E-state index contributed by atoms with van der Waals surface area (Å²) in [5.41, 5.74) is 0.834. The zero-order chi connectivity index (χ0) is 15.1. The van der Waals surface area contributed by atoms with Crippen LogP contribution in [0, 0.1) is 5.92 Å². The molecule has 21 heavy (non-hydrogen) atoms. The van der Waals surface area contributed by atoms with E-state index in [1.165, 1.54) is 12.8 Å². The van der Waals surface area contributed by atoms with Crippen molar-refractivity contribution < 1.29 is 8.42 Å². The molecule has 1 aromatic rings. The predicted octanol–water partition coefficient (Wildman–Crippen LogP) is 2.65. The fourth-order valence-corrected chi connectivity index (χ4v) is 3.71. The van der Waals surface area contributed by atoms with Gasteiger partial charge in [-0.05, 0) is 43.4 Å². The fourth-order valence-electron chi connectivity index (χ4n) is 2.39. The summed E-state index contributed by atoms with van der Waals surface area (Å²) in [6.45, 7) is 4.11. The van der Waals surface area contributed by atoms with E-state index in [0.29, 0.717) is 18.0 Å². The van der Waals surface area contributed by atoms with Crippen LogP contribution in [0.3, 0.4) is 0 Å². The lowest BCUT2D eigenvalue weighted by molar-refractivity contribution is 0.570. The van der Waals surface area contributed by atoms with Crippen molar-refractivity contribution in [1.29, 1.82) is 0 Å². The lowest BCUT2D eigenvalue weighted by Gasteiger charge is -2.12. The van der Waals surface area contributed by atoms with Gasteiger partial charge < -0.3 is 5.32 Å². The van der Waals surface area contributed by atoms with E-state index in [-0.39, 0.29) is 0 Å². The van der Waals surface area contributed by atoms with E-state index in [1.807, 2.05) is 12.1 Å². The first kappa shape index (κ1) is 16.5. The van der Waals surface area contributed by atoms with Crippen molar-refractivity contribution in [3.63, 3.8) is 0 Å². The highest BCUT2D eigenvalue weighted by Gasteiger charge is 2.21. The number of rotatable bonds is 10. The zero-order valence-electron chi connectivity index (χ0n) is 12.8. The summed E-state index contributed by atoms with van der Waals surface area (Å²) in [7, 11) is -3.40. The Morgan fingerprint density at radius 1 is 1.19 bits per heavy atom. The maximum Gasteiger partial charge on any atom is 0.240 e. The molecule has 0 radical (unpaired) electrons. The highest BCUT2D eigenvalue weighted by molar-refractivity contribution is 7.89. The van der Waals surface area contributed by atoms with Crippen molar-refractivity contribution in [3.05, 3.63) is 29.8 Å². The van der Waals surface area contributed by atoms with Crippen LogP contribution in [0.25, 0.3) is 0 Å². The van der Waals surface area contributed by atoms with Crippen molar-refractivity contribution >= 4 is 10.0 Å². The van der Waals surface area contributed by atoms with Crippen LogP contribution in [-0.4, -0.2) is 21.5 Å².